The summed E-state index contributed by atoms with van der Waals surface area (Å²) < 4.78 is 3.49. The van der Waals surface area contributed by atoms with Crippen molar-refractivity contribution in [1.82, 2.24) is 14.5 Å². The molecule has 1 aromatic heterocycles. The van der Waals surface area contributed by atoms with Crippen molar-refractivity contribution in [3.63, 3.8) is 0 Å². The minimum Gasteiger partial charge on any atom is -0.354 e. The number of fused-ring (bicyclic) bond motifs is 1. The highest BCUT2D eigenvalue weighted by Gasteiger charge is 2.28. The standard InChI is InChI=1S/C18H26N4O2.ClH/c1-2-10-21-15-5-3-4-6-16(15)22(18(21)24)11-9-17(23)20-12-14(19)13-7-8-13;/h3-6,13-14H,2,7-12,19H2,1H3,(H,20,23);1H. The fourth-order valence-electron chi connectivity index (χ4n) is 3.15. The quantitative estimate of drug-likeness (QED) is 0.748. The SMILES string of the molecule is CCCn1c(=O)n(CCC(=O)NCC(N)C2CC2)c2ccccc21.Cl. The van der Waals surface area contributed by atoms with E-state index >= 15 is 0 Å². The van der Waals surface area contributed by atoms with E-state index in [2.05, 4.69) is 12.2 Å². The number of amides is 1. The van der Waals surface area contributed by atoms with Crippen LogP contribution in [-0.4, -0.2) is 27.6 Å². The topological polar surface area (TPSA) is 82.0 Å². The van der Waals surface area contributed by atoms with Gasteiger partial charge in [0, 0.05) is 32.1 Å². The summed E-state index contributed by atoms with van der Waals surface area (Å²) in [7, 11) is 0. The number of nitrogens with zero attached hydrogens (tertiary/aromatic N) is 2. The molecule has 1 heterocycles. The fraction of sp³-hybridized carbons (Fsp3) is 0.556. The largest absolute Gasteiger partial charge is 0.354 e. The Hall–Kier alpha value is -1.79. The van der Waals surface area contributed by atoms with Gasteiger partial charge in [0.15, 0.2) is 0 Å². The van der Waals surface area contributed by atoms with Crippen molar-refractivity contribution in [1.29, 1.82) is 0 Å². The minimum atomic E-state index is -0.0506. The van der Waals surface area contributed by atoms with E-state index in [1.807, 2.05) is 24.3 Å². The Labute approximate surface area is 153 Å². The summed E-state index contributed by atoms with van der Waals surface area (Å²) in [5.41, 5.74) is 7.77. The molecule has 0 saturated heterocycles. The van der Waals surface area contributed by atoms with Crippen LogP contribution in [0.2, 0.25) is 0 Å². The van der Waals surface area contributed by atoms with Gasteiger partial charge in [0.25, 0.3) is 0 Å². The molecule has 3 N–H and O–H groups in total. The summed E-state index contributed by atoms with van der Waals surface area (Å²) in [4.78, 5) is 24.7. The Bertz CT molecular complexity index is 779. The third-order valence-electron chi connectivity index (χ3n) is 4.70. The molecular weight excluding hydrogens is 340 g/mol. The summed E-state index contributed by atoms with van der Waals surface area (Å²) in [6, 6.07) is 7.80. The van der Waals surface area contributed by atoms with Crippen molar-refractivity contribution in [2.75, 3.05) is 6.54 Å². The number of nitrogens with one attached hydrogen (secondary N) is 1. The van der Waals surface area contributed by atoms with Gasteiger partial charge >= 0.3 is 5.69 Å². The molecule has 0 aliphatic heterocycles. The molecule has 1 fully saturated rings. The normalized spacial score (nSPS) is 15.0. The molecule has 0 spiro atoms. The molecule has 25 heavy (non-hydrogen) atoms. The number of hydrogen-bond donors (Lipinski definition) is 2. The van der Waals surface area contributed by atoms with Gasteiger partial charge in [0.1, 0.15) is 0 Å². The lowest BCUT2D eigenvalue weighted by Gasteiger charge is -2.11. The molecule has 7 heteroatoms. The van der Waals surface area contributed by atoms with E-state index < -0.39 is 0 Å². The van der Waals surface area contributed by atoms with E-state index in [1.165, 1.54) is 12.8 Å². The first-order valence-corrected chi connectivity index (χ1v) is 8.82. The number of carbonyl (C=O) groups is 1. The number of imidazole rings is 1. The lowest BCUT2D eigenvalue weighted by Crippen LogP contribution is -2.39. The molecule has 1 atom stereocenters. The van der Waals surface area contributed by atoms with Gasteiger partial charge in [-0.05, 0) is 37.3 Å². The number of rotatable bonds is 8. The van der Waals surface area contributed by atoms with Crippen LogP contribution in [0.15, 0.2) is 29.1 Å². The first-order chi connectivity index (χ1) is 11.6. The maximum atomic E-state index is 12.6. The number of hydrogen-bond acceptors (Lipinski definition) is 3. The van der Waals surface area contributed by atoms with E-state index in [0.29, 0.717) is 25.6 Å². The van der Waals surface area contributed by atoms with Crippen molar-refractivity contribution in [2.45, 2.75) is 51.7 Å². The van der Waals surface area contributed by atoms with Gasteiger partial charge < -0.3 is 11.1 Å². The van der Waals surface area contributed by atoms with Gasteiger partial charge in [0.2, 0.25) is 5.91 Å². The molecule has 1 saturated carbocycles. The molecule has 1 aliphatic rings. The highest BCUT2D eigenvalue weighted by atomic mass is 35.5. The van der Waals surface area contributed by atoms with E-state index in [1.54, 1.807) is 9.13 Å². The number of carbonyl (C=O) groups excluding carboxylic acids is 1. The van der Waals surface area contributed by atoms with Crippen LogP contribution in [0.3, 0.4) is 0 Å². The van der Waals surface area contributed by atoms with E-state index in [9.17, 15) is 9.59 Å². The monoisotopic (exact) mass is 366 g/mol. The van der Waals surface area contributed by atoms with Crippen molar-refractivity contribution >= 4 is 29.3 Å². The van der Waals surface area contributed by atoms with Gasteiger partial charge in [-0.2, -0.15) is 0 Å². The number of halogens is 1. The number of nitrogens with two attached hydrogens (primary N) is 1. The number of aromatic nitrogens is 2. The fourth-order valence-corrected chi connectivity index (χ4v) is 3.15. The Morgan fingerprint density at radius 2 is 1.84 bits per heavy atom. The molecule has 1 amide bonds. The second-order valence-corrected chi connectivity index (χ2v) is 6.63. The van der Waals surface area contributed by atoms with Gasteiger partial charge in [0.05, 0.1) is 11.0 Å². The zero-order valence-corrected chi connectivity index (χ0v) is 15.4. The molecule has 1 aliphatic carbocycles. The highest BCUT2D eigenvalue weighted by Crippen LogP contribution is 2.31. The van der Waals surface area contributed by atoms with Gasteiger partial charge in [-0.15, -0.1) is 12.4 Å². The molecule has 138 valence electrons. The molecule has 1 unspecified atom stereocenters. The van der Waals surface area contributed by atoms with E-state index in [-0.39, 0.29) is 36.5 Å². The van der Waals surface area contributed by atoms with Gasteiger partial charge in [-0.1, -0.05) is 19.1 Å². The molecule has 3 rings (SSSR count). The average molecular weight is 367 g/mol. The van der Waals surface area contributed by atoms with Crippen LogP contribution in [0.4, 0.5) is 0 Å². The molecule has 1 aromatic carbocycles. The molecule has 2 aromatic rings. The Morgan fingerprint density at radius 3 is 2.40 bits per heavy atom. The summed E-state index contributed by atoms with van der Waals surface area (Å²) in [6.07, 6.45) is 3.53. The summed E-state index contributed by atoms with van der Waals surface area (Å²) >= 11 is 0. The van der Waals surface area contributed by atoms with Crippen LogP contribution in [0.1, 0.15) is 32.6 Å². The molecular formula is C18H27ClN4O2. The van der Waals surface area contributed by atoms with Crippen LogP contribution in [0.5, 0.6) is 0 Å². The van der Waals surface area contributed by atoms with Crippen LogP contribution in [-0.2, 0) is 17.9 Å². The maximum Gasteiger partial charge on any atom is 0.329 e. The predicted octanol–water partition coefficient (Wildman–Crippen LogP) is 1.88. The second kappa shape index (κ2) is 8.54. The maximum absolute atomic E-state index is 12.6. The third-order valence-corrected chi connectivity index (χ3v) is 4.70. The van der Waals surface area contributed by atoms with Crippen LogP contribution in [0, 0.1) is 5.92 Å². The van der Waals surface area contributed by atoms with E-state index in [0.717, 1.165) is 17.5 Å². The van der Waals surface area contributed by atoms with Crippen LogP contribution in [0.25, 0.3) is 11.0 Å². The van der Waals surface area contributed by atoms with E-state index in [4.69, 9.17) is 5.73 Å². The van der Waals surface area contributed by atoms with Crippen molar-refractivity contribution in [2.24, 2.45) is 11.7 Å². The minimum absolute atomic E-state index is 0. The second-order valence-electron chi connectivity index (χ2n) is 6.63. The average Bonchev–Trinajstić information content (AvgIpc) is 3.39. The Balaban J connectivity index is 0.00000225. The van der Waals surface area contributed by atoms with Crippen molar-refractivity contribution in [3.05, 3.63) is 34.7 Å². The van der Waals surface area contributed by atoms with Gasteiger partial charge in [-0.25, -0.2) is 4.79 Å². The highest BCUT2D eigenvalue weighted by molar-refractivity contribution is 5.85. The van der Waals surface area contributed by atoms with Crippen molar-refractivity contribution in [3.8, 4) is 0 Å². The predicted molar refractivity (Wildman–Crippen MR) is 102 cm³/mol. The zero-order valence-electron chi connectivity index (χ0n) is 14.6. The smallest absolute Gasteiger partial charge is 0.329 e. The lowest BCUT2D eigenvalue weighted by atomic mass is 10.2. The first-order valence-electron chi connectivity index (χ1n) is 8.82. The number of aryl methyl sites for hydroxylation is 2. The first kappa shape index (κ1) is 19.5. The van der Waals surface area contributed by atoms with Crippen LogP contribution >= 0.6 is 12.4 Å². The molecule has 0 radical (unpaired) electrons. The van der Waals surface area contributed by atoms with Crippen molar-refractivity contribution < 1.29 is 4.79 Å². The zero-order chi connectivity index (χ0) is 17.1. The summed E-state index contributed by atoms with van der Waals surface area (Å²) in [5.74, 6) is 0.519. The summed E-state index contributed by atoms with van der Waals surface area (Å²) in [5, 5.41) is 2.89. The molecule has 6 nitrogen and oxygen atoms in total. The summed E-state index contributed by atoms with van der Waals surface area (Å²) in [6.45, 7) is 3.65. The van der Waals surface area contributed by atoms with Gasteiger partial charge in [-0.3, -0.25) is 13.9 Å². The Kier molecular flexibility index (Phi) is 6.67. The third kappa shape index (κ3) is 4.44. The number of benzene rings is 1. The Morgan fingerprint density at radius 1 is 1.24 bits per heavy atom. The lowest BCUT2D eigenvalue weighted by molar-refractivity contribution is -0.121. The number of para-hydroxylation sites is 2. The molecule has 0 bridgehead atoms. The van der Waals surface area contributed by atoms with Crippen LogP contribution < -0.4 is 16.7 Å².